The second-order valence-corrected chi connectivity index (χ2v) is 5.45. The number of aromatic carboxylic acids is 1. The molecular weight excluding hydrogens is 268 g/mol. The van der Waals surface area contributed by atoms with Gasteiger partial charge in [-0.3, -0.25) is 9.59 Å². The molecule has 1 aromatic rings. The number of likely N-dealkylation sites (N-methyl/N-ethyl adjacent to an activating group) is 1. The van der Waals surface area contributed by atoms with Crippen molar-refractivity contribution in [3.63, 3.8) is 0 Å². The minimum atomic E-state index is -1.05. The molecule has 6 nitrogen and oxygen atoms in total. The second-order valence-electron chi connectivity index (χ2n) is 4.36. The summed E-state index contributed by atoms with van der Waals surface area (Å²) >= 11 is 0.936. The third kappa shape index (κ3) is 2.93. The Bertz CT molecular complexity index is 526. The molecule has 0 atom stereocenters. The lowest BCUT2D eigenvalue weighted by Gasteiger charge is -2.18. The Hall–Kier alpha value is -1.89. The molecule has 0 bridgehead atoms. The summed E-state index contributed by atoms with van der Waals surface area (Å²) in [4.78, 5) is 38.3. The highest BCUT2D eigenvalue weighted by Crippen LogP contribution is 2.19. The van der Waals surface area contributed by atoms with Crippen molar-refractivity contribution in [1.29, 1.82) is 0 Å². The van der Waals surface area contributed by atoms with E-state index < -0.39 is 5.97 Å². The van der Waals surface area contributed by atoms with Gasteiger partial charge < -0.3 is 14.9 Å². The molecule has 102 valence electrons. The maximum Gasteiger partial charge on any atom is 0.345 e. The quantitative estimate of drug-likeness (QED) is 0.868. The molecule has 0 aliphatic carbocycles. The van der Waals surface area contributed by atoms with Crippen LogP contribution in [0, 0.1) is 0 Å². The molecule has 2 rings (SSSR count). The number of thiophene rings is 1. The summed E-state index contributed by atoms with van der Waals surface area (Å²) in [5.41, 5.74) is 0. The molecule has 1 aliphatic heterocycles. The van der Waals surface area contributed by atoms with Gasteiger partial charge in [0.2, 0.25) is 5.91 Å². The van der Waals surface area contributed by atoms with Crippen LogP contribution in [0.4, 0.5) is 0 Å². The lowest BCUT2D eigenvalue weighted by atomic mass is 10.3. The van der Waals surface area contributed by atoms with Crippen LogP contribution in [-0.2, 0) is 4.79 Å². The van der Waals surface area contributed by atoms with E-state index in [9.17, 15) is 14.4 Å². The summed E-state index contributed by atoms with van der Waals surface area (Å²) in [7, 11) is 1.71. The SMILES string of the molecule is CN1CCCN(C(=O)c2ccc(C(=O)O)s2)CC1=O. The van der Waals surface area contributed by atoms with Crippen LogP contribution in [0.5, 0.6) is 0 Å². The molecule has 2 amide bonds. The zero-order chi connectivity index (χ0) is 14.0. The predicted octanol–water partition coefficient (Wildman–Crippen LogP) is 0.751. The molecule has 7 heteroatoms. The van der Waals surface area contributed by atoms with E-state index >= 15 is 0 Å². The highest BCUT2D eigenvalue weighted by atomic mass is 32.1. The zero-order valence-corrected chi connectivity index (χ0v) is 11.3. The molecule has 0 radical (unpaired) electrons. The van der Waals surface area contributed by atoms with Crippen LogP contribution >= 0.6 is 11.3 Å². The zero-order valence-electron chi connectivity index (χ0n) is 10.5. The van der Waals surface area contributed by atoms with Crippen LogP contribution in [0.15, 0.2) is 12.1 Å². The first kappa shape index (κ1) is 13.5. The van der Waals surface area contributed by atoms with E-state index in [1.165, 1.54) is 17.0 Å². The van der Waals surface area contributed by atoms with Crippen molar-refractivity contribution in [3.05, 3.63) is 21.9 Å². The minimum Gasteiger partial charge on any atom is -0.477 e. The average Bonchev–Trinajstić information content (AvgIpc) is 2.79. The fraction of sp³-hybridized carbons (Fsp3) is 0.417. The van der Waals surface area contributed by atoms with Gasteiger partial charge in [0.15, 0.2) is 0 Å². The third-order valence-corrected chi connectivity index (χ3v) is 4.05. The summed E-state index contributed by atoms with van der Waals surface area (Å²) in [5, 5.41) is 8.84. The van der Waals surface area contributed by atoms with Gasteiger partial charge >= 0.3 is 5.97 Å². The number of amides is 2. The first-order chi connectivity index (χ1) is 8.99. The monoisotopic (exact) mass is 282 g/mol. The van der Waals surface area contributed by atoms with Crippen molar-refractivity contribution in [3.8, 4) is 0 Å². The van der Waals surface area contributed by atoms with Crippen molar-refractivity contribution in [2.45, 2.75) is 6.42 Å². The minimum absolute atomic E-state index is 0.0512. The third-order valence-electron chi connectivity index (χ3n) is 2.99. The second kappa shape index (κ2) is 5.40. The highest BCUT2D eigenvalue weighted by molar-refractivity contribution is 7.15. The smallest absolute Gasteiger partial charge is 0.345 e. The van der Waals surface area contributed by atoms with Gasteiger partial charge in [-0.2, -0.15) is 0 Å². The van der Waals surface area contributed by atoms with Gasteiger partial charge in [0, 0.05) is 20.1 Å². The van der Waals surface area contributed by atoms with E-state index in [1.807, 2.05) is 0 Å². The van der Waals surface area contributed by atoms with Gasteiger partial charge in [0.1, 0.15) is 11.4 Å². The number of carbonyl (C=O) groups is 3. The van der Waals surface area contributed by atoms with Gasteiger partial charge in [-0.15, -0.1) is 11.3 Å². The fourth-order valence-corrected chi connectivity index (χ4v) is 2.70. The van der Waals surface area contributed by atoms with Gasteiger partial charge in [-0.05, 0) is 18.6 Å². The van der Waals surface area contributed by atoms with E-state index in [4.69, 9.17) is 5.11 Å². The maximum atomic E-state index is 12.2. The van der Waals surface area contributed by atoms with E-state index in [1.54, 1.807) is 11.9 Å². The summed E-state index contributed by atoms with van der Waals surface area (Å²) in [6.07, 6.45) is 0.727. The summed E-state index contributed by atoms with van der Waals surface area (Å²) in [6.45, 7) is 1.19. The van der Waals surface area contributed by atoms with Gasteiger partial charge in [0.25, 0.3) is 5.91 Å². The molecule has 1 aliphatic rings. The summed E-state index contributed by atoms with van der Waals surface area (Å²) in [5.74, 6) is -1.42. The van der Waals surface area contributed by atoms with E-state index in [0.29, 0.717) is 18.0 Å². The molecule has 0 aromatic carbocycles. The van der Waals surface area contributed by atoms with Crippen molar-refractivity contribution in [2.24, 2.45) is 0 Å². The largest absolute Gasteiger partial charge is 0.477 e. The molecular formula is C12H14N2O4S. The van der Waals surface area contributed by atoms with Gasteiger partial charge in [-0.1, -0.05) is 0 Å². The Morgan fingerprint density at radius 1 is 1.26 bits per heavy atom. The van der Waals surface area contributed by atoms with Crippen LogP contribution in [0.3, 0.4) is 0 Å². The number of rotatable bonds is 2. The maximum absolute atomic E-state index is 12.2. The van der Waals surface area contributed by atoms with E-state index in [0.717, 1.165) is 17.8 Å². The summed E-state index contributed by atoms with van der Waals surface area (Å²) in [6, 6.07) is 2.90. The lowest BCUT2D eigenvalue weighted by molar-refractivity contribution is -0.129. The van der Waals surface area contributed by atoms with Crippen LogP contribution < -0.4 is 0 Å². The Labute approximate surface area is 114 Å². The van der Waals surface area contributed by atoms with E-state index in [2.05, 4.69) is 0 Å². The van der Waals surface area contributed by atoms with Crippen molar-refractivity contribution in [1.82, 2.24) is 9.80 Å². The standard InChI is InChI=1S/C12H14N2O4S/c1-13-5-2-6-14(7-10(13)15)11(16)8-3-4-9(19-8)12(17)18/h3-4H,2,5-7H2,1H3,(H,17,18). The molecule has 0 unspecified atom stereocenters. The molecule has 0 saturated carbocycles. The summed E-state index contributed by atoms with van der Waals surface area (Å²) < 4.78 is 0. The van der Waals surface area contributed by atoms with Crippen molar-refractivity contribution in [2.75, 3.05) is 26.7 Å². The Morgan fingerprint density at radius 2 is 1.95 bits per heavy atom. The molecule has 1 N–H and O–H groups in total. The Kier molecular flexibility index (Phi) is 3.84. The van der Waals surface area contributed by atoms with Crippen molar-refractivity contribution >= 4 is 29.1 Å². The first-order valence-electron chi connectivity index (χ1n) is 5.85. The fourth-order valence-electron chi connectivity index (χ4n) is 1.88. The van der Waals surface area contributed by atoms with Crippen LogP contribution in [-0.4, -0.2) is 59.4 Å². The first-order valence-corrected chi connectivity index (χ1v) is 6.67. The number of hydrogen-bond acceptors (Lipinski definition) is 4. The highest BCUT2D eigenvalue weighted by Gasteiger charge is 2.25. The number of carboxylic acid groups (broad SMARTS) is 1. The molecule has 0 spiro atoms. The number of nitrogens with zero attached hydrogens (tertiary/aromatic N) is 2. The van der Waals surface area contributed by atoms with Crippen LogP contribution in [0.1, 0.15) is 25.8 Å². The van der Waals surface area contributed by atoms with Crippen LogP contribution in [0.25, 0.3) is 0 Å². The van der Waals surface area contributed by atoms with Crippen LogP contribution in [0.2, 0.25) is 0 Å². The molecule has 19 heavy (non-hydrogen) atoms. The molecule has 1 saturated heterocycles. The average molecular weight is 282 g/mol. The Morgan fingerprint density at radius 3 is 2.58 bits per heavy atom. The number of carboxylic acids is 1. The molecule has 1 fully saturated rings. The topological polar surface area (TPSA) is 77.9 Å². The number of carbonyl (C=O) groups excluding carboxylic acids is 2. The van der Waals surface area contributed by atoms with Gasteiger partial charge in [0.05, 0.1) is 4.88 Å². The molecule has 2 heterocycles. The van der Waals surface area contributed by atoms with E-state index in [-0.39, 0.29) is 23.2 Å². The normalized spacial score (nSPS) is 16.4. The van der Waals surface area contributed by atoms with Crippen molar-refractivity contribution < 1.29 is 19.5 Å². The lowest BCUT2D eigenvalue weighted by Crippen LogP contribution is -2.37. The predicted molar refractivity (Wildman–Crippen MR) is 69.4 cm³/mol. The van der Waals surface area contributed by atoms with Gasteiger partial charge in [-0.25, -0.2) is 4.79 Å². The number of hydrogen-bond donors (Lipinski definition) is 1. The molecule has 1 aromatic heterocycles. The Balaban J connectivity index is 2.14.